The first-order chi connectivity index (χ1) is 23.2. The number of nitrogens with zero attached hydrogens (tertiary/aromatic N) is 1. The van der Waals surface area contributed by atoms with Crippen molar-refractivity contribution in [2.24, 2.45) is 17.3 Å². The minimum atomic E-state index is -1.02. The number of amides is 5. The average molecular weight is 692 g/mol. The quantitative estimate of drug-likeness (QED) is 0.116. The van der Waals surface area contributed by atoms with Crippen LogP contribution in [-0.4, -0.2) is 84.8 Å². The molecule has 0 aromatic rings. The van der Waals surface area contributed by atoms with Gasteiger partial charge in [0.25, 0.3) is 5.91 Å². The van der Waals surface area contributed by atoms with Gasteiger partial charge in [-0.25, -0.2) is 4.79 Å². The van der Waals surface area contributed by atoms with Crippen LogP contribution in [-0.2, 0) is 28.7 Å². The summed E-state index contributed by atoms with van der Waals surface area (Å²) in [6.07, 6.45) is 14.0. The Balaban J connectivity index is 0.00000103. The van der Waals surface area contributed by atoms with Crippen molar-refractivity contribution < 1.29 is 33.5 Å². The molecule has 3 aliphatic rings. The molecule has 280 valence electrons. The highest BCUT2D eigenvalue weighted by atomic mass is 16.5. The molecule has 0 aromatic carbocycles. The second-order valence-electron chi connectivity index (χ2n) is 14.6. The summed E-state index contributed by atoms with van der Waals surface area (Å²) in [4.78, 5) is 77.4. The molecule has 5 amide bonds. The van der Waals surface area contributed by atoms with Gasteiger partial charge in [-0.3, -0.25) is 24.0 Å². The monoisotopic (exact) mass is 691 g/mol. The van der Waals surface area contributed by atoms with Crippen molar-refractivity contribution >= 4 is 35.5 Å². The topological polar surface area (TPSA) is 163 Å². The Kier molecular flexibility index (Phi) is 20.5. The molecule has 1 heterocycles. The molecule has 3 unspecified atom stereocenters. The van der Waals surface area contributed by atoms with E-state index in [0.29, 0.717) is 38.3 Å². The molecule has 12 nitrogen and oxygen atoms in total. The Morgan fingerprint density at radius 2 is 1.53 bits per heavy atom. The number of ether oxygens (including phenoxy) is 1. The third kappa shape index (κ3) is 17.2. The maximum atomic E-state index is 13.6. The van der Waals surface area contributed by atoms with Crippen LogP contribution in [0.5, 0.6) is 0 Å². The van der Waals surface area contributed by atoms with Crippen LogP contribution in [0.4, 0.5) is 4.79 Å². The van der Waals surface area contributed by atoms with E-state index >= 15 is 0 Å². The summed E-state index contributed by atoms with van der Waals surface area (Å²) < 4.78 is 5.10. The number of hydrogen-bond acceptors (Lipinski definition) is 7. The number of esters is 1. The average Bonchev–Trinajstić information content (AvgIpc) is 3.76. The molecule has 0 aromatic heterocycles. The van der Waals surface area contributed by atoms with Gasteiger partial charge in [-0.15, -0.1) is 6.58 Å². The predicted octanol–water partition coefficient (Wildman–Crippen LogP) is 4.80. The van der Waals surface area contributed by atoms with Crippen LogP contribution in [0.2, 0.25) is 0 Å². The summed E-state index contributed by atoms with van der Waals surface area (Å²) in [6.45, 7) is 17.7. The fourth-order valence-corrected chi connectivity index (χ4v) is 5.54. The number of carbonyl (C=O) groups is 6. The third-order valence-electron chi connectivity index (χ3n) is 8.53. The van der Waals surface area contributed by atoms with Crippen molar-refractivity contribution in [3.8, 4) is 0 Å². The molecule has 3 fully saturated rings. The van der Waals surface area contributed by atoms with Crippen LogP contribution in [0, 0.1) is 17.3 Å². The predicted molar refractivity (Wildman–Crippen MR) is 191 cm³/mol. The second-order valence-corrected chi connectivity index (χ2v) is 14.6. The van der Waals surface area contributed by atoms with Crippen molar-refractivity contribution in [1.29, 1.82) is 0 Å². The normalized spacial score (nSPS) is 18.6. The van der Waals surface area contributed by atoms with E-state index in [-0.39, 0.29) is 19.5 Å². The van der Waals surface area contributed by atoms with Gasteiger partial charge in [0.2, 0.25) is 17.6 Å². The molecule has 1 saturated heterocycles. The lowest BCUT2D eigenvalue weighted by Gasteiger charge is -2.35. The molecular formula is C37H65N5O7. The van der Waals surface area contributed by atoms with Crippen LogP contribution in [0.25, 0.3) is 0 Å². The lowest BCUT2D eigenvalue weighted by Crippen LogP contribution is -2.60. The maximum Gasteiger partial charge on any atom is 0.325 e. The molecule has 2 saturated carbocycles. The summed E-state index contributed by atoms with van der Waals surface area (Å²) in [5.74, 6) is -1.67. The van der Waals surface area contributed by atoms with E-state index in [1.54, 1.807) is 20.8 Å². The number of hydrogen-bond donors (Lipinski definition) is 4. The minimum Gasteiger partial charge on any atom is -0.464 e. The Morgan fingerprint density at radius 1 is 0.898 bits per heavy atom. The van der Waals surface area contributed by atoms with Gasteiger partial charge in [-0.05, 0) is 49.4 Å². The highest BCUT2D eigenvalue weighted by Gasteiger charge is 2.42. The van der Waals surface area contributed by atoms with E-state index in [9.17, 15) is 28.8 Å². The minimum absolute atomic E-state index is 0.124. The lowest BCUT2D eigenvalue weighted by atomic mass is 9.85. The van der Waals surface area contributed by atoms with Crippen molar-refractivity contribution in [1.82, 2.24) is 26.2 Å². The molecule has 0 bridgehead atoms. The highest BCUT2D eigenvalue weighted by Crippen LogP contribution is 2.29. The molecule has 2 aliphatic carbocycles. The number of ketones is 1. The summed E-state index contributed by atoms with van der Waals surface area (Å²) in [5, 5.41) is 10.2. The smallest absolute Gasteiger partial charge is 0.325 e. The third-order valence-corrected chi connectivity index (χ3v) is 8.53. The maximum absolute atomic E-state index is 13.6. The van der Waals surface area contributed by atoms with Crippen LogP contribution >= 0.6 is 0 Å². The van der Waals surface area contributed by atoms with Crippen LogP contribution in [0.1, 0.15) is 126 Å². The van der Waals surface area contributed by atoms with Crippen LogP contribution in [0.3, 0.4) is 0 Å². The fourth-order valence-electron chi connectivity index (χ4n) is 5.54. The van der Waals surface area contributed by atoms with Crippen molar-refractivity contribution in [2.75, 3.05) is 26.2 Å². The molecule has 3 rings (SSSR count). The number of likely N-dealkylation sites (tertiary alicyclic amines) is 1. The lowest BCUT2D eigenvalue weighted by molar-refractivity contribution is -0.143. The Labute approximate surface area is 294 Å². The van der Waals surface area contributed by atoms with Gasteiger partial charge in [0.1, 0.15) is 18.6 Å². The zero-order valence-corrected chi connectivity index (χ0v) is 31.3. The first-order valence-corrected chi connectivity index (χ1v) is 18.4. The number of nitrogens with one attached hydrogen (secondary N) is 4. The molecule has 0 spiro atoms. The first kappa shape index (κ1) is 43.6. The van der Waals surface area contributed by atoms with Crippen LogP contribution in [0.15, 0.2) is 12.7 Å². The number of carbonyl (C=O) groups excluding carboxylic acids is 6. The fraction of sp³-hybridized carbons (Fsp3) is 0.784. The van der Waals surface area contributed by atoms with E-state index in [1.165, 1.54) is 49.5 Å². The van der Waals surface area contributed by atoms with E-state index < -0.39 is 59.0 Å². The zero-order chi connectivity index (χ0) is 37.0. The van der Waals surface area contributed by atoms with Crippen LogP contribution < -0.4 is 21.3 Å². The van der Waals surface area contributed by atoms with Gasteiger partial charge < -0.3 is 30.9 Å². The van der Waals surface area contributed by atoms with Crippen molar-refractivity contribution in [2.45, 2.75) is 144 Å². The second kappa shape index (κ2) is 23.1. The summed E-state index contributed by atoms with van der Waals surface area (Å²) in [7, 11) is 0. The van der Waals surface area contributed by atoms with Gasteiger partial charge in [-0.1, -0.05) is 99.5 Å². The largest absolute Gasteiger partial charge is 0.464 e. The molecule has 3 atom stereocenters. The number of Topliss-reactive ketones (excluding diaryl/α,β-unsaturated/α-hetero) is 1. The van der Waals surface area contributed by atoms with Gasteiger partial charge in [0.05, 0.1) is 12.6 Å². The standard InChI is InChI=1S/C27H43N5O7.C7H14.C3H8/c1-6-9-18(21(34)24(36)28-13-7-2)30-23(35)19-10-8-14-32(19)25(37)22(27(3,4)5)31-26(38)29-15-20(33)39-16-17-11-12-17;1-7-5-3-2-4-6-7;1-3-2/h7,17-19,22H,2,6,8-16H2,1,3-5H3,(H,28,36)(H,30,35)(H2,29,31,38);7H,2-6H2,1H3;3H2,1-2H3. The number of rotatable bonds is 14. The first-order valence-electron chi connectivity index (χ1n) is 18.4. The molecule has 4 N–H and O–H groups in total. The Bertz CT molecular complexity index is 1080. The molecule has 0 radical (unpaired) electrons. The van der Waals surface area contributed by atoms with Crippen molar-refractivity contribution in [3.05, 3.63) is 12.7 Å². The Hall–Kier alpha value is -3.44. The van der Waals surface area contributed by atoms with E-state index in [0.717, 1.165) is 18.8 Å². The molecular weight excluding hydrogens is 626 g/mol. The van der Waals surface area contributed by atoms with E-state index in [2.05, 4.69) is 48.6 Å². The Morgan fingerprint density at radius 3 is 2.04 bits per heavy atom. The zero-order valence-electron chi connectivity index (χ0n) is 31.3. The number of urea groups is 1. The highest BCUT2D eigenvalue weighted by molar-refractivity contribution is 6.38. The molecule has 1 aliphatic heterocycles. The van der Waals surface area contributed by atoms with E-state index in [1.807, 2.05) is 6.92 Å². The summed E-state index contributed by atoms with van der Waals surface area (Å²) in [5.41, 5.74) is -0.714. The van der Waals surface area contributed by atoms with E-state index in [4.69, 9.17) is 4.74 Å². The van der Waals surface area contributed by atoms with Crippen molar-refractivity contribution in [3.63, 3.8) is 0 Å². The molecule has 49 heavy (non-hydrogen) atoms. The summed E-state index contributed by atoms with van der Waals surface area (Å²) in [6, 6.07) is -3.57. The van der Waals surface area contributed by atoms with Gasteiger partial charge in [0, 0.05) is 13.1 Å². The van der Waals surface area contributed by atoms with Gasteiger partial charge >= 0.3 is 12.0 Å². The SMILES string of the molecule is C=CCNC(=O)C(=O)C(CCC)NC(=O)C1CCCN1C(=O)C(NC(=O)NCC(=O)OCC1CC1)C(C)(C)C.CC1CCCCC1.CCC. The summed E-state index contributed by atoms with van der Waals surface area (Å²) >= 11 is 0. The van der Waals surface area contributed by atoms with Gasteiger partial charge in [0.15, 0.2) is 0 Å². The molecule has 12 heteroatoms. The van der Waals surface area contributed by atoms with Gasteiger partial charge in [-0.2, -0.15) is 0 Å².